The minimum atomic E-state index is 0.582. The first-order valence-electron chi connectivity index (χ1n) is 7.49. The molecule has 5 heteroatoms. The van der Waals surface area contributed by atoms with E-state index in [-0.39, 0.29) is 0 Å². The SMILES string of the molecule is CCN1CCCC(C(C)NCCc2ncn(C)n2)C1. The summed E-state index contributed by atoms with van der Waals surface area (Å²) in [4.78, 5) is 6.82. The molecule has 1 aliphatic rings. The largest absolute Gasteiger partial charge is 0.313 e. The number of hydrogen-bond donors (Lipinski definition) is 1. The van der Waals surface area contributed by atoms with Crippen LogP contribution < -0.4 is 5.32 Å². The maximum atomic E-state index is 4.30. The second kappa shape index (κ2) is 7.01. The van der Waals surface area contributed by atoms with Crippen molar-refractivity contribution < 1.29 is 0 Å². The average Bonchev–Trinajstić information content (AvgIpc) is 2.84. The average molecular weight is 265 g/mol. The molecule has 19 heavy (non-hydrogen) atoms. The molecule has 2 heterocycles. The monoisotopic (exact) mass is 265 g/mol. The van der Waals surface area contributed by atoms with E-state index in [2.05, 4.69) is 34.1 Å². The molecular weight excluding hydrogens is 238 g/mol. The molecule has 0 aliphatic carbocycles. The van der Waals surface area contributed by atoms with Crippen molar-refractivity contribution in [3.05, 3.63) is 12.2 Å². The van der Waals surface area contributed by atoms with Gasteiger partial charge in [0.05, 0.1) is 0 Å². The van der Waals surface area contributed by atoms with E-state index in [1.807, 2.05) is 7.05 Å². The van der Waals surface area contributed by atoms with Crippen molar-refractivity contribution in [1.82, 2.24) is 25.0 Å². The van der Waals surface area contributed by atoms with Gasteiger partial charge in [0.15, 0.2) is 5.82 Å². The fourth-order valence-corrected chi connectivity index (χ4v) is 2.86. The second-order valence-electron chi connectivity index (χ2n) is 5.62. The number of nitrogens with zero attached hydrogens (tertiary/aromatic N) is 4. The van der Waals surface area contributed by atoms with Crippen LogP contribution in [0.25, 0.3) is 0 Å². The fourth-order valence-electron chi connectivity index (χ4n) is 2.86. The van der Waals surface area contributed by atoms with Crippen molar-refractivity contribution >= 4 is 0 Å². The van der Waals surface area contributed by atoms with Crippen LogP contribution in [0.1, 0.15) is 32.5 Å². The van der Waals surface area contributed by atoms with E-state index in [0.29, 0.717) is 6.04 Å². The van der Waals surface area contributed by atoms with E-state index in [9.17, 15) is 0 Å². The standard InChI is InChI=1S/C14H27N5/c1-4-19-9-5-6-13(10-19)12(2)15-8-7-14-16-11-18(3)17-14/h11-13,15H,4-10H2,1-3H3. The van der Waals surface area contributed by atoms with E-state index in [4.69, 9.17) is 0 Å². The zero-order chi connectivity index (χ0) is 13.7. The van der Waals surface area contributed by atoms with Gasteiger partial charge < -0.3 is 10.2 Å². The van der Waals surface area contributed by atoms with Gasteiger partial charge >= 0.3 is 0 Å². The topological polar surface area (TPSA) is 46.0 Å². The van der Waals surface area contributed by atoms with E-state index in [0.717, 1.165) is 24.7 Å². The lowest BCUT2D eigenvalue weighted by atomic mass is 9.91. The second-order valence-corrected chi connectivity index (χ2v) is 5.62. The normalized spacial score (nSPS) is 22.6. The molecule has 1 N–H and O–H groups in total. The summed E-state index contributed by atoms with van der Waals surface area (Å²) in [7, 11) is 1.91. The number of aryl methyl sites for hydroxylation is 1. The number of aromatic nitrogens is 3. The lowest BCUT2D eigenvalue weighted by molar-refractivity contribution is 0.157. The summed E-state index contributed by atoms with van der Waals surface area (Å²) in [6.45, 7) is 9.24. The molecule has 5 nitrogen and oxygen atoms in total. The molecule has 1 aromatic rings. The Balaban J connectivity index is 1.70. The van der Waals surface area contributed by atoms with Gasteiger partial charge in [0.1, 0.15) is 6.33 Å². The highest BCUT2D eigenvalue weighted by Gasteiger charge is 2.23. The van der Waals surface area contributed by atoms with Gasteiger partial charge in [-0.2, -0.15) is 5.10 Å². The predicted molar refractivity (Wildman–Crippen MR) is 77.0 cm³/mol. The summed E-state index contributed by atoms with van der Waals surface area (Å²) in [5.74, 6) is 1.71. The summed E-state index contributed by atoms with van der Waals surface area (Å²) in [6.07, 6.45) is 5.37. The number of rotatable bonds is 6. The zero-order valence-electron chi connectivity index (χ0n) is 12.5. The van der Waals surface area contributed by atoms with Gasteiger partial charge in [-0.25, -0.2) is 4.98 Å². The highest BCUT2D eigenvalue weighted by atomic mass is 15.3. The number of nitrogens with one attached hydrogen (secondary N) is 1. The Morgan fingerprint density at radius 2 is 2.37 bits per heavy atom. The third-order valence-electron chi connectivity index (χ3n) is 4.16. The van der Waals surface area contributed by atoms with Gasteiger partial charge in [-0.05, 0) is 38.8 Å². The van der Waals surface area contributed by atoms with E-state index in [1.54, 1.807) is 11.0 Å². The quantitative estimate of drug-likeness (QED) is 0.836. The third-order valence-corrected chi connectivity index (χ3v) is 4.16. The molecule has 1 saturated heterocycles. The van der Waals surface area contributed by atoms with Crippen molar-refractivity contribution in [2.24, 2.45) is 13.0 Å². The molecule has 0 amide bonds. The van der Waals surface area contributed by atoms with Crippen LogP contribution in [0.5, 0.6) is 0 Å². The van der Waals surface area contributed by atoms with Gasteiger partial charge in [0.2, 0.25) is 0 Å². The Labute approximate surface area is 116 Å². The minimum Gasteiger partial charge on any atom is -0.313 e. The Bertz CT molecular complexity index is 376. The van der Waals surface area contributed by atoms with E-state index < -0.39 is 0 Å². The molecule has 0 bridgehead atoms. The molecule has 2 atom stereocenters. The molecule has 1 aromatic heterocycles. The summed E-state index contributed by atoms with van der Waals surface area (Å²) in [5.41, 5.74) is 0. The summed E-state index contributed by atoms with van der Waals surface area (Å²) < 4.78 is 1.76. The number of piperidine rings is 1. The van der Waals surface area contributed by atoms with Crippen molar-refractivity contribution in [2.75, 3.05) is 26.2 Å². The summed E-state index contributed by atoms with van der Waals surface area (Å²) in [6, 6.07) is 0.582. The van der Waals surface area contributed by atoms with Crippen molar-refractivity contribution in [3.8, 4) is 0 Å². The first-order valence-corrected chi connectivity index (χ1v) is 7.49. The van der Waals surface area contributed by atoms with Gasteiger partial charge in [0, 0.05) is 32.6 Å². The molecule has 1 fully saturated rings. The molecule has 0 saturated carbocycles. The van der Waals surface area contributed by atoms with Crippen LogP contribution in [0, 0.1) is 5.92 Å². The van der Waals surface area contributed by atoms with E-state index >= 15 is 0 Å². The smallest absolute Gasteiger partial charge is 0.151 e. The van der Waals surface area contributed by atoms with Gasteiger partial charge in [0.25, 0.3) is 0 Å². The molecule has 0 spiro atoms. The van der Waals surface area contributed by atoms with Crippen LogP contribution in [0.3, 0.4) is 0 Å². The van der Waals surface area contributed by atoms with Crippen LogP contribution in [0.2, 0.25) is 0 Å². The van der Waals surface area contributed by atoms with Crippen molar-refractivity contribution in [1.29, 1.82) is 0 Å². The summed E-state index contributed by atoms with van der Waals surface area (Å²) >= 11 is 0. The van der Waals surface area contributed by atoms with E-state index in [1.165, 1.54) is 32.5 Å². The lowest BCUT2D eigenvalue weighted by Crippen LogP contribution is -2.44. The Morgan fingerprint density at radius 1 is 1.53 bits per heavy atom. The Morgan fingerprint density at radius 3 is 3.05 bits per heavy atom. The van der Waals surface area contributed by atoms with Gasteiger partial charge in [-0.15, -0.1) is 0 Å². The van der Waals surface area contributed by atoms with Crippen LogP contribution >= 0.6 is 0 Å². The van der Waals surface area contributed by atoms with Crippen LogP contribution in [-0.2, 0) is 13.5 Å². The molecule has 2 rings (SSSR count). The maximum Gasteiger partial charge on any atom is 0.151 e. The van der Waals surface area contributed by atoms with Crippen molar-refractivity contribution in [3.63, 3.8) is 0 Å². The Kier molecular flexibility index (Phi) is 5.34. The Hall–Kier alpha value is -0.940. The van der Waals surface area contributed by atoms with Crippen LogP contribution in [0.4, 0.5) is 0 Å². The highest BCUT2D eigenvalue weighted by molar-refractivity contribution is 4.84. The highest BCUT2D eigenvalue weighted by Crippen LogP contribution is 2.19. The zero-order valence-corrected chi connectivity index (χ0v) is 12.5. The number of likely N-dealkylation sites (tertiary alicyclic amines) is 1. The van der Waals surface area contributed by atoms with Crippen molar-refractivity contribution in [2.45, 2.75) is 39.2 Å². The molecule has 2 unspecified atom stereocenters. The third kappa shape index (κ3) is 4.28. The minimum absolute atomic E-state index is 0.582. The van der Waals surface area contributed by atoms with Crippen LogP contribution in [-0.4, -0.2) is 51.9 Å². The molecular formula is C14H27N5. The maximum absolute atomic E-state index is 4.30. The van der Waals surface area contributed by atoms with Gasteiger partial charge in [-0.1, -0.05) is 6.92 Å². The van der Waals surface area contributed by atoms with Crippen LogP contribution in [0.15, 0.2) is 6.33 Å². The fraction of sp³-hybridized carbons (Fsp3) is 0.857. The molecule has 0 radical (unpaired) electrons. The molecule has 0 aromatic carbocycles. The first kappa shape index (κ1) is 14.5. The summed E-state index contributed by atoms with van der Waals surface area (Å²) in [5, 5.41) is 7.94. The molecule has 1 aliphatic heterocycles. The number of hydrogen-bond acceptors (Lipinski definition) is 4. The first-order chi connectivity index (χ1) is 9.19. The molecule has 108 valence electrons. The lowest BCUT2D eigenvalue weighted by Gasteiger charge is -2.35. The predicted octanol–water partition coefficient (Wildman–Crippen LogP) is 1.07. The van der Waals surface area contributed by atoms with Gasteiger partial charge in [-0.3, -0.25) is 4.68 Å².